The lowest BCUT2D eigenvalue weighted by atomic mass is 10.1. The zero-order chi connectivity index (χ0) is 13.0. The van der Waals surface area contributed by atoms with Crippen molar-refractivity contribution in [2.45, 2.75) is 12.8 Å². The lowest BCUT2D eigenvalue weighted by Gasteiger charge is -2.03. The highest BCUT2D eigenvalue weighted by Crippen LogP contribution is 2.16. The van der Waals surface area contributed by atoms with Crippen LogP contribution in [0.25, 0.3) is 0 Å². The number of hydrogen-bond acceptors (Lipinski definition) is 2. The van der Waals surface area contributed by atoms with Crippen molar-refractivity contribution in [2.75, 3.05) is 0 Å². The molecule has 0 saturated carbocycles. The fourth-order valence-corrected chi connectivity index (χ4v) is 2.16. The number of nitriles is 1. The van der Waals surface area contributed by atoms with Gasteiger partial charge in [0.1, 0.15) is 11.9 Å². The van der Waals surface area contributed by atoms with Crippen molar-refractivity contribution in [3.63, 3.8) is 0 Å². The zero-order valence-electron chi connectivity index (χ0n) is 9.53. The van der Waals surface area contributed by atoms with E-state index >= 15 is 0 Å². The van der Waals surface area contributed by atoms with E-state index in [2.05, 4.69) is 20.9 Å². The summed E-state index contributed by atoms with van der Waals surface area (Å²) >= 11 is 3.30. The van der Waals surface area contributed by atoms with E-state index in [-0.39, 0.29) is 5.82 Å². The molecule has 18 heavy (non-hydrogen) atoms. The summed E-state index contributed by atoms with van der Waals surface area (Å²) in [7, 11) is 0. The molecule has 1 aromatic carbocycles. The van der Waals surface area contributed by atoms with Gasteiger partial charge in [-0.05, 0) is 58.1 Å². The third-order valence-electron chi connectivity index (χ3n) is 2.60. The van der Waals surface area contributed by atoms with E-state index in [0.29, 0.717) is 10.2 Å². The Morgan fingerprint density at radius 3 is 2.67 bits per heavy atom. The monoisotopic (exact) mass is 304 g/mol. The number of halogens is 2. The number of benzene rings is 1. The fraction of sp³-hybridized carbons (Fsp3) is 0.143. The molecule has 0 aliphatic heterocycles. The average Bonchev–Trinajstić information content (AvgIpc) is 2.37. The molecule has 0 saturated heterocycles. The molecule has 1 heterocycles. The van der Waals surface area contributed by atoms with Gasteiger partial charge < -0.3 is 0 Å². The molecular formula is C14H10BrFN2. The van der Waals surface area contributed by atoms with Gasteiger partial charge in [0.05, 0.1) is 4.47 Å². The summed E-state index contributed by atoms with van der Waals surface area (Å²) in [6.07, 6.45) is 3.20. The Labute approximate surface area is 113 Å². The van der Waals surface area contributed by atoms with Crippen LogP contribution >= 0.6 is 15.9 Å². The first-order valence-electron chi connectivity index (χ1n) is 5.48. The highest BCUT2D eigenvalue weighted by molar-refractivity contribution is 9.10. The summed E-state index contributed by atoms with van der Waals surface area (Å²) in [5.74, 6) is -0.216. The van der Waals surface area contributed by atoms with Gasteiger partial charge in [-0.1, -0.05) is 12.1 Å². The lowest BCUT2D eigenvalue weighted by molar-refractivity contribution is 0.625. The van der Waals surface area contributed by atoms with Crippen molar-refractivity contribution >= 4 is 15.9 Å². The smallest absolute Gasteiger partial charge is 0.154 e. The quantitative estimate of drug-likeness (QED) is 0.868. The minimum Gasteiger partial charge on any atom is -0.244 e. The van der Waals surface area contributed by atoms with Gasteiger partial charge in [0.25, 0.3) is 0 Å². The summed E-state index contributed by atoms with van der Waals surface area (Å²) in [6, 6.07) is 10.4. The molecular weight excluding hydrogens is 295 g/mol. The van der Waals surface area contributed by atoms with E-state index in [1.807, 2.05) is 18.2 Å². The minimum absolute atomic E-state index is 0.216. The second-order valence-electron chi connectivity index (χ2n) is 3.92. The van der Waals surface area contributed by atoms with Gasteiger partial charge in [0.2, 0.25) is 0 Å². The molecule has 0 radical (unpaired) electrons. The molecule has 0 bridgehead atoms. The van der Waals surface area contributed by atoms with Crippen molar-refractivity contribution in [1.82, 2.24) is 4.98 Å². The van der Waals surface area contributed by atoms with Gasteiger partial charge in [-0.15, -0.1) is 0 Å². The SMILES string of the molecule is N#Cc1ncc(CCc2cccc(F)c2)cc1Br. The van der Waals surface area contributed by atoms with E-state index in [4.69, 9.17) is 5.26 Å². The van der Waals surface area contributed by atoms with Crippen molar-refractivity contribution in [1.29, 1.82) is 5.26 Å². The Kier molecular flexibility index (Phi) is 4.06. The second kappa shape index (κ2) is 5.74. The van der Waals surface area contributed by atoms with E-state index in [0.717, 1.165) is 24.0 Å². The Hall–Kier alpha value is -1.73. The molecule has 90 valence electrons. The van der Waals surface area contributed by atoms with E-state index in [1.54, 1.807) is 12.3 Å². The van der Waals surface area contributed by atoms with Crippen LogP contribution in [0.15, 0.2) is 41.0 Å². The molecule has 0 unspecified atom stereocenters. The van der Waals surface area contributed by atoms with E-state index in [1.165, 1.54) is 12.1 Å². The molecule has 0 fully saturated rings. The summed E-state index contributed by atoms with van der Waals surface area (Å²) in [4.78, 5) is 4.04. The molecule has 2 rings (SSSR count). The predicted molar refractivity (Wildman–Crippen MR) is 70.5 cm³/mol. The third-order valence-corrected chi connectivity index (χ3v) is 3.20. The molecule has 2 nitrogen and oxygen atoms in total. The first-order valence-corrected chi connectivity index (χ1v) is 6.27. The Bertz CT molecular complexity index is 605. The summed E-state index contributed by atoms with van der Waals surface area (Å²) in [6.45, 7) is 0. The molecule has 4 heteroatoms. The van der Waals surface area contributed by atoms with Crippen LogP contribution in [0.4, 0.5) is 4.39 Å². The highest BCUT2D eigenvalue weighted by atomic mass is 79.9. The molecule has 0 aliphatic carbocycles. The first-order chi connectivity index (χ1) is 8.69. The maximum Gasteiger partial charge on any atom is 0.154 e. The van der Waals surface area contributed by atoms with Gasteiger partial charge in [-0.25, -0.2) is 9.37 Å². The number of pyridine rings is 1. The van der Waals surface area contributed by atoms with Gasteiger partial charge in [0, 0.05) is 6.20 Å². The van der Waals surface area contributed by atoms with Crippen LogP contribution in [0.2, 0.25) is 0 Å². The Morgan fingerprint density at radius 1 is 1.22 bits per heavy atom. The molecule has 1 aromatic heterocycles. The van der Waals surface area contributed by atoms with Gasteiger partial charge in [-0.3, -0.25) is 0 Å². The van der Waals surface area contributed by atoms with Gasteiger partial charge in [0.15, 0.2) is 5.69 Å². The Morgan fingerprint density at radius 2 is 2.00 bits per heavy atom. The standard InChI is InChI=1S/C14H10BrFN2/c15-13-7-11(9-18-14(13)8-17)5-4-10-2-1-3-12(16)6-10/h1-3,6-7,9H,4-5H2. The zero-order valence-corrected chi connectivity index (χ0v) is 11.1. The largest absolute Gasteiger partial charge is 0.244 e. The highest BCUT2D eigenvalue weighted by Gasteiger charge is 2.03. The number of rotatable bonds is 3. The van der Waals surface area contributed by atoms with E-state index < -0.39 is 0 Å². The number of nitrogens with zero attached hydrogens (tertiary/aromatic N) is 2. The molecule has 0 atom stereocenters. The molecule has 0 spiro atoms. The van der Waals surface area contributed by atoms with Crippen molar-refractivity contribution in [3.8, 4) is 6.07 Å². The second-order valence-corrected chi connectivity index (χ2v) is 4.77. The molecule has 0 N–H and O–H groups in total. The minimum atomic E-state index is -0.216. The van der Waals surface area contributed by atoms with Gasteiger partial charge >= 0.3 is 0 Å². The molecule has 0 aliphatic rings. The lowest BCUT2D eigenvalue weighted by Crippen LogP contribution is -1.94. The van der Waals surface area contributed by atoms with Crippen LogP contribution in [-0.4, -0.2) is 4.98 Å². The van der Waals surface area contributed by atoms with Crippen molar-refractivity contribution in [3.05, 3.63) is 63.6 Å². The number of aryl methyl sites for hydroxylation is 2. The van der Waals surface area contributed by atoms with E-state index in [9.17, 15) is 4.39 Å². The number of hydrogen-bond donors (Lipinski definition) is 0. The fourth-order valence-electron chi connectivity index (χ4n) is 1.68. The normalized spacial score (nSPS) is 10.1. The van der Waals surface area contributed by atoms with Crippen molar-refractivity contribution in [2.24, 2.45) is 0 Å². The van der Waals surface area contributed by atoms with Crippen LogP contribution in [0, 0.1) is 17.1 Å². The van der Waals surface area contributed by atoms with Crippen LogP contribution in [0.5, 0.6) is 0 Å². The Balaban J connectivity index is 2.07. The maximum atomic E-state index is 13.0. The third kappa shape index (κ3) is 3.14. The summed E-state index contributed by atoms with van der Waals surface area (Å²) in [5, 5.41) is 8.76. The average molecular weight is 305 g/mol. The maximum absolute atomic E-state index is 13.0. The van der Waals surface area contributed by atoms with Crippen LogP contribution in [0.1, 0.15) is 16.8 Å². The molecule has 2 aromatic rings. The predicted octanol–water partition coefficient (Wildman–Crippen LogP) is 3.64. The topological polar surface area (TPSA) is 36.7 Å². The van der Waals surface area contributed by atoms with Gasteiger partial charge in [-0.2, -0.15) is 5.26 Å². The van der Waals surface area contributed by atoms with Crippen LogP contribution in [0.3, 0.4) is 0 Å². The first kappa shape index (κ1) is 12.7. The van der Waals surface area contributed by atoms with Crippen molar-refractivity contribution < 1.29 is 4.39 Å². The van der Waals surface area contributed by atoms with Crippen LogP contribution in [-0.2, 0) is 12.8 Å². The molecule has 0 amide bonds. The summed E-state index contributed by atoms with van der Waals surface area (Å²) in [5.41, 5.74) is 2.35. The van der Waals surface area contributed by atoms with Crippen LogP contribution < -0.4 is 0 Å². The number of aromatic nitrogens is 1. The summed E-state index contributed by atoms with van der Waals surface area (Å²) < 4.78 is 13.7.